The number of rotatable bonds is 8. The van der Waals surface area contributed by atoms with Gasteiger partial charge in [-0.2, -0.15) is 0 Å². The third-order valence-electron chi connectivity index (χ3n) is 3.43. The van der Waals surface area contributed by atoms with E-state index in [1.807, 2.05) is 18.7 Å². The van der Waals surface area contributed by atoms with Crippen molar-refractivity contribution in [2.45, 2.75) is 40.0 Å². The highest BCUT2D eigenvalue weighted by Gasteiger charge is 2.17. The number of anilines is 1. The molecule has 0 bridgehead atoms. The molecule has 0 N–H and O–H groups in total. The molecular formula is C17H24Cl2N2O2. The molecule has 0 aliphatic rings. The minimum absolute atomic E-state index is 0.0630. The number of carbonyl (C=O) groups excluding carboxylic acids is 2. The van der Waals surface area contributed by atoms with Crippen LogP contribution in [-0.4, -0.2) is 36.3 Å². The largest absolute Gasteiger partial charge is 0.343 e. The van der Waals surface area contributed by atoms with Crippen LogP contribution in [0.15, 0.2) is 18.2 Å². The summed E-state index contributed by atoms with van der Waals surface area (Å²) in [4.78, 5) is 27.7. The van der Waals surface area contributed by atoms with Crippen LogP contribution < -0.4 is 4.90 Å². The summed E-state index contributed by atoms with van der Waals surface area (Å²) >= 11 is 12.0. The van der Waals surface area contributed by atoms with E-state index >= 15 is 0 Å². The smallest absolute Gasteiger partial charge is 0.224 e. The molecule has 1 aromatic rings. The van der Waals surface area contributed by atoms with E-state index in [4.69, 9.17) is 23.2 Å². The Morgan fingerprint density at radius 2 is 1.48 bits per heavy atom. The number of amides is 2. The number of nitrogens with zero attached hydrogens (tertiary/aromatic N) is 2. The zero-order valence-corrected chi connectivity index (χ0v) is 15.5. The lowest BCUT2D eigenvalue weighted by atomic mass is 10.2. The number of hydrogen-bond donors (Lipinski definition) is 0. The second-order valence-electron chi connectivity index (χ2n) is 5.43. The molecule has 0 aromatic heterocycles. The molecule has 128 valence electrons. The molecule has 0 saturated carbocycles. The summed E-state index contributed by atoms with van der Waals surface area (Å²) < 4.78 is 0. The quantitative estimate of drug-likeness (QED) is 0.691. The predicted octanol–water partition coefficient (Wildman–Crippen LogP) is 4.39. The second kappa shape index (κ2) is 9.78. The highest BCUT2D eigenvalue weighted by atomic mass is 35.5. The van der Waals surface area contributed by atoms with E-state index in [1.54, 1.807) is 18.2 Å². The van der Waals surface area contributed by atoms with Gasteiger partial charge in [0.1, 0.15) is 0 Å². The van der Waals surface area contributed by atoms with Crippen molar-refractivity contribution in [1.82, 2.24) is 4.90 Å². The zero-order valence-electron chi connectivity index (χ0n) is 13.9. The average Bonchev–Trinajstić information content (AvgIpc) is 2.45. The van der Waals surface area contributed by atoms with Crippen LogP contribution in [0, 0.1) is 0 Å². The van der Waals surface area contributed by atoms with E-state index in [9.17, 15) is 9.59 Å². The maximum atomic E-state index is 12.4. The molecule has 0 atom stereocenters. The van der Waals surface area contributed by atoms with Crippen LogP contribution in [0.4, 0.5) is 5.69 Å². The molecule has 1 rings (SSSR count). The molecule has 6 heteroatoms. The number of halogens is 2. The molecule has 0 aliphatic carbocycles. The van der Waals surface area contributed by atoms with E-state index < -0.39 is 0 Å². The Balaban J connectivity index is 2.80. The molecule has 0 unspecified atom stereocenters. The van der Waals surface area contributed by atoms with Crippen LogP contribution in [0.3, 0.4) is 0 Å². The van der Waals surface area contributed by atoms with Gasteiger partial charge < -0.3 is 9.80 Å². The lowest BCUT2D eigenvalue weighted by Gasteiger charge is -2.25. The van der Waals surface area contributed by atoms with Crippen LogP contribution in [0.5, 0.6) is 0 Å². The van der Waals surface area contributed by atoms with Crippen LogP contribution >= 0.6 is 23.2 Å². The van der Waals surface area contributed by atoms with Crippen molar-refractivity contribution in [3.63, 3.8) is 0 Å². The van der Waals surface area contributed by atoms with E-state index in [-0.39, 0.29) is 18.2 Å². The van der Waals surface area contributed by atoms with Gasteiger partial charge in [0.05, 0.1) is 0 Å². The SMILES string of the molecule is CCCN(CCC)C(=O)CCN(C(C)=O)c1cc(Cl)cc(Cl)c1. The summed E-state index contributed by atoms with van der Waals surface area (Å²) in [5.74, 6) is -0.0817. The lowest BCUT2D eigenvalue weighted by molar-refractivity contribution is -0.131. The number of carbonyl (C=O) groups is 2. The maximum absolute atomic E-state index is 12.4. The molecule has 1 aromatic carbocycles. The summed E-state index contributed by atoms with van der Waals surface area (Å²) in [6, 6.07) is 4.96. The normalized spacial score (nSPS) is 10.5. The van der Waals surface area contributed by atoms with Gasteiger partial charge in [0.25, 0.3) is 0 Å². The molecule has 2 amide bonds. The molecule has 0 saturated heterocycles. The molecule has 0 heterocycles. The zero-order chi connectivity index (χ0) is 17.4. The molecule has 0 fully saturated rings. The summed E-state index contributed by atoms with van der Waals surface area (Å²) in [6.45, 7) is 7.37. The van der Waals surface area contributed by atoms with Gasteiger partial charge in [-0.3, -0.25) is 9.59 Å². The van der Waals surface area contributed by atoms with Gasteiger partial charge >= 0.3 is 0 Å². The maximum Gasteiger partial charge on any atom is 0.224 e. The number of benzene rings is 1. The molecule has 23 heavy (non-hydrogen) atoms. The molecule has 0 aliphatic heterocycles. The van der Waals surface area contributed by atoms with E-state index in [2.05, 4.69) is 0 Å². The topological polar surface area (TPSA) is 40.6 Å². The van der Waals surface area contributed by atoms with Gasteiger partial charge in [0.15, 0.2) is 0 Å². The third kappa shape index (κ3) is 6.40. The number of hydrogen-bond acceptors (Lipinski definition) is 2. The Kier molecular flexibility index (Phi) is 8.42. The van der Waals surface area contributed by atoms with Gasteiger partial charge in [0, 0.05) is 48.7 Å². The fourth-order valence-electron chi connectivity index (χ4n) is 2.43. The highest BCUT2D eigenvalue weighted by molar-refractivity contribution is 6.35. The first-order chi connectivity index (χ1) is 10.9. The molecular weight excluding hydrogens is 335 g/mol. The van der Waals surface area contributed by atoms with Crippen molar-refractivity contribution >= 4 is 40.7 Å². The van der Waals surface area contributed by atoms with Gasteiger partial charge in [-0.25, -0.2) is 0 Å². The van der Waals surface area contributed by atoms with Crippen LogP contribution in [0.1, 0.15) is 40.0 Å². The lowest BCUT2D eigenvalue weighted by Crippen LogP contribution is -2.37. The van der Waals surface area contributed by atoms with Gasteiger partial charge in [0.2, 0.25) is 11.8 Å². The fourth-order valence-corrected chi connectivity index (χ4v) is 2.94. The monoisotopic (exact) mass is 358 g/mol. The van der Waals surface area contributed by atoms with Crippen molar-refractivity contribution in [3.05, 3.63) is 28.2 Å². The molecule has 0 spiro atoms. The Hall–Kier alpha value is -1.26. The Morgan fingerprint density at radius 1 is 0.957 bits per heavy atom. The van der Waals surface area contributed by atoms with Crippen molar-refractivity contribution in [2.75, 3.05) is 24.5 Å². The van der Waals surface area contributed by atoms with E-state index in [0.29, 0.717) is 22.3 Å². The van der Waals surface area contributed by atoms with Crippen molar-refractivity contribution in [3.8, 4) is 0 Å². The van der Waals surface area contributed by atoms with Crippen LogP contribution in [-0.2, 0) is 9.59 Å². The Bertz CT molecular complexity index is 523. The van der Waals surface area contributed by atoms with Gasteiger partial charge in [-0.15, -0.1) is 0 Å². The standard InChI is InChI=1S/C17H24Cl2N2O2/c1-4-7-20(8-5-2)17(23)6-9-21(13(3)22)16-11-14(18)10-15(19)12-16/h10-12H,4-9H2,1-3H3. The first-order valence-electron chi connectivity index (χ1n) is 7.91. The molecule has 0 radical (unpaired) electrons. The van der Waals surface area contributed by atoms with Crippen molar-refractivity contribution in [1.29, 1.82) is 0 Å². The summed E-state index contributed by atoms with van der Waals surface area (Å²) in [5, 5.41) is 0.923. The predicted molar refractivity (Wildman–Crippen MR) is 96.3 cm³/mol. The minimum atomic E-state index is -0.145. The minimum Gasteiger partial charge on any atom is -0.343 e. The highest BCUT2D eigenvalue weighted by Crippen LogP contribution is 2.25. The summed E-state index contributed by atoms with van der Waals surface area (Å²) in [7, 11) is 0. The summed E-state index contributed by atoms with van der Waals surface area (Å²) in [6.07, 6.45) is 2.13. The van der Waals surface area contributed by atoms with Gasteiger partial charge in [-0.1, -0.05) is 37.0 Å². The summed E-state index contributed by atoms with van der Waals surface area (Å²) in [5.41, 5.74) is 0.611. The Labute approximate surface area is 148 Å². The Morgan fingerprint density at radius 3 is 1.91 bits per heavy atom. The molecule has 4 nitrogen and oxygen atoms in total. The van der Waals surface area contributed by atoms with Crippen LogP contribution in [0.2, 0.25) is 10.0 Å². The van der Waals surface area contributed by atoms with E-state index in [1.165, 1.54) is 11.8 Å². The first-order valence-corrected chi connectivity index (χ1v) is 8.66. The second-order valence-corrected chi connectivity index (χ2v) is 6.30. The average molecular weight is 359 g/mol. The van der Waals surface area contributed by atoms with Crippen molar-refractivity contribution < 1.29 is 9.59 Å². The van der Waals surface area contributed by atoms with Gasteiger partial charge in [-0.05, 0) is 31.0 Å². The van der Waals surface area contributed by atoms with Crippen molar-refractivity contribution in [2.24, 2.45) is 0 Å². The first kappa shape index (κ1) is 19.8. The van der Waals surface area contributed by atoms with E-state index in [0.717, 1.165) is 25.9 Å². The van der Waals surface area contributed by atoms with Crippen LogP contribution in [0.25, 0.3) is 0 Å². The fraction of sp³-hybridized carbons (Fsp3) is 0.529. The third-order valence-corrected chi connectivity index (χ3v) is 3.86.